The van der Waals surface area contributed by atoms with Crippen molar-refractivity contribution < 1.29 is 19.1 Å². The molecule has 0 saturated carbocycles. The van der Waals surface area contributed by atoms with Crippen LogP contribution in [0.3, 0.4) is 0 Å². The van der Waals surface area contributed by atoms with Crippen molar-refractivity contribution in [2.75, 3.05) is 11.1 Å². The Morgan fingerprint density at radius 3 is 2.75 bits per heavy atom. The summed E-state index contributed by atoms with van der Waals surface area (Å²) in [7, 11) is 0. The number of thioether (sulfide) groups is 1. The van der Waals surface area contributed by atoms with Gasteiger partial charge in [-0.1, -0.05) is 17.2 Å². The fourth-order valence-corrected chi connectivity index (χ4v) is 2.26. The number of aryl methyl sites for hydroxylation is 1. The second-order valence-electron chi connectivity index (χ2n) is 3.76. The third kappa shape index (κ3) is 3.58. The number of nitrogens with one attached hydrogen (secondary N) is 1. The fraction of sp³-hybridized carbons (Fsp3) is 0.167. The average molecular weight is 293 g/mol. The first-order valence-corrected chi connectivity index (χ1v) is 6.60. The van der Waals surface area contributed by atoms with Crippen LogP contribution in [-0.2, 0) is 4.79 Å². The Kier molecular flexibility index (Phi) is 4.36. The van der Waals surface area contributed by atoms with E-state index < -0.39 is 5.97 Å². The molecule has 0 atom stereocenters. The highest BCUT2D eigenvalue weighted by molar-refractivity contribution is 8.00. The topological polar surface area (TPSA) is 105 Å². The minimum atomic E-state index is -1.03. The molecule has 0 saturated heterocycles. The second kappa shape index (κ2) is 6.20. The number of hydrogen-bond acceptors (Lipinski definition) is 6. The number of amides is 1. The molecule has 104 valence electrons. The summed E-state index contributed by atoms with van der Waals surface area (Å²) < 4.78 is 5.01. The van der Waals surface area contributed by atoms with Gasteiger partial charge in [0, 0.05) is 11.8 Å². The minimum Gasteiger partial charge on any atom is -0.478 e. The Morgan fingerprint density at radius 2 is 2.10 bits per heavy atom. The lowest BCUT2D eigenvalue weighted by molar-refractivity contribution is -0.113. The lowest BCUT2D eigenvalue weighted by Gasteiger charge is -2.04. The number of anilines is 1. The molecule has 0 radical (unpaired) electrons. The quantitative estimate of drug-likeness (QED) is 0.810. The van der Waals surface area contributed by atoms with Crippen LogP contribution >= 0.6 is 11.8 Å². The molecule has 0 spiro atoms. The zero-order chi connectivity index (χ0) is 14.5. The maximum atomic E-state index is 11.7. The molecule has 2 aromatic rings. The van der Waals surface area contributed by atoms with Crippen molar-refractivity contribution in [1.29, 1.82) is 0 Å². The van der Waals surface area contributed by atoms with Gasteiger partial charge in [0.25, 0.3) is 0 Å². The van der Waals surface area contributed by atoms with E-state index in [4.69, 9.17) is 9.52 Å². The number of hydrogen-bond donors (Lipinski definition) is 2. The molecule has 0 aliphatic heterocycles. The summed E-state index contributed by atoms with van der Waals surface area (Å²) in [6.07, 6.45) is 0. The molecule has 0 unspecified atom stereocenters. The molecule has 20 heavy (non-hydrogen) atoms. The number of carboxylic acids is 1. The number of aromatic nitrogens is 2. The van der Waals surface area contributed by atoms with Gasteiger partial charge in [0.2, 0.25) is 11.8 Å². The van der Waals surface area contributed by atoms with Crippen molar-refractivity contribution in [2.24, 2.45) is 0 Å². The molecule has 1 aromatic heterocycles. The first kappa shape index (κ1) is 14.1. The molecular weight excluding hydrogens is 282 g/mol. The Labute approximate surface area is 118 Å². The Balaban J connectivity index is 1.95. The standard InChI is InChI=1S/C12H11N3O4S/c1-7-14-15-12(19-7)13-10(16)6-20-9-5-3-2-4-8(9)11(17)18/h2-5H,6H2,1H3,(H,17,18)(H,13,15,16). The highest BCUT2D eigenvalue weighted by Crippen LogP contribution is 2.22. The summed E-state index contributed by atoms with van der Waals surface area (Å²) in [6, 6.07) is 6.52. The van der Waals surface area contributed by atoms with Crippen LogP contribution in [0.1, 0.15) is 16.2 Å². The molecule has 0 bridgehead atoms. The van der Waals surface area contributed by atoms with Crippen LogP contribution in [0, 0.1) is 6.92 Å². The molecule has 0 fully saturated rings. The summed E-state index contributed by atoms with van der Waals surface area (Å²) in [5, 5.41) is 18.7. The number of rotatable bonds is 5. The van der Waals surface area contributed by atoms with Crippen LogP contribution in [0.15, 0.2) is 33.6 Å². The van der Waals surface area contributed by atoms with Gasteiger partial charge in [-0.05, 0) is 12.1 Å². The number of nitrogens with zero attached hydrogens (tertiary/aromatic N) is 2. The van der Waals surface area contributed by atoms with Crippen molar-refractivity contribution in [3.8, 4) is 0 Å². The van der Waals surface area contributed by atoms with Crippen molar-refractivity contribution in [2.45, 2.75) is 11.8 Å². The van der Waals surface area contributed by atoms with Gasteiger partial charge in [0.15, 0.2) is 0 Å². The lowest BCUT2D eigenvalue weighted by Crippen LogP contribution is -2.14. The minimum absolute atomic E-state index is 0.0274. The van der Waals surface area contributed by atoms with Crippen molar-refractivity contribution >= 4 is 29.7 Å². The van der Waals surface area contributed by atoms with E-state index >= 15 is 0 Å². The Bertz CT molecular complexity index is 641. The summed E-state index contributed by atoms with van der Waals surface area (Å²) in [5.74, 6) is -0.977. The van der Waals surface area contributed by atoms with E-state index in [9.17, 15) is 9.59 Å². The largest absolute Gasteiger partial charge is 0.478 e. The summed E-state index contributed by atoms with van der Waals surface area (Å²) >= 11 is 1.13. The van der Waals surface area contributed by atoms with Gasteiger partial charge >= 0.3 is 12.0 Å². The predicted octanol–water partition coefficient (Wildman–Crippen LogP) is 1.81. The third-order valence-electron chi connectivity index (χ3n) is 2.25. The van der Waals surface area contributed by atoms with Crippen LogP contribution in [0.4, 0.5) is 6.01 Å². The summed E-state index contributed by atoms with van der Waals surface area (Å²) in [5.41, 5.74) is 0.166. The molecular formula is C12H11N3O4S. The van der Waals surface area contributed by atoms with Crippen LogP contribution in [-0.4, -0.2) is 32.9 Å². The van der Waals surface area contributed by atoms with E-state index in [1.165, 1.54) is 6.07 Å². The van der Waals surface area contributed by atoms with Gasteiger partial charge in [0.05, 0.1) is 11.3 Å². The maximum absolute atomic E-state index is 11.7. The summed E-state index contributed by atoms with van der Waals surface area (Å²) in [6.45, 7) is 1.61. The molecule has 0 aliphatic rings. The zero-order valence-electron chi connectivity index (χ0n) is 10.5. The van der Waals surface area contributed by atoms with E-state index in [0.29, 0.717) is 10.8 Å². The second-order valence-corrected chi connectivity index (χ2v) is 4.78. The van der Waals surface area contributed by atoms with Gasteiger partial charge in [0.1, 0.15) is 0 Å². The van der Waals surface area contributed by atoms with Crippen LogP contribution in [0.5, 0.6) is 0 Å². The van der Waals surface area contributed by atoms with Crippen LogP contribution < -0.4 is 5.32 Å². The zero-order valence-corrected chi connectivity index (χ0v) is 11.3. The van der Waals surface area contributed by atoms with Crippen LogP contribution in [0.25, 0.3) is 0 Å². The molecule has 8 heteroatoms. The van der Waals surface area contributed by atoms with Gasteiger partial charge < -0.3 is 9.52 Å². The number of carbonyl (C=O) groups is 2. The molecule has 0 aliphatic carbocycles. The highest BCUT2D eigenvalue weighted by atomic mass is 32.2. The van der Waals surface area contributed by atoms with Gasteiger partial charge in [-0.2, -0.15) is 0 Å². The van der Waals surface area contributed by atoms with E-state index in [2.05, 4.69) is 15.5 Å². The molecule has 1 amide bonds. The monoisotopic (exact) mass is 293 g/mol. The first-order valence-electron chi connectivity index (χ1n) is 5.61. The predicted molar refractivity (Wildman–Crippen MR) is 71.8 cm³/mol. The van der Waals surface area contributed by atoms with E-state index in [0.717, 1.165) is 11.8 Å². The average Bonchev–Trinajstić information content (AvgIpc) is 2.82. The smallest absolute Gasteiger partial charge is 0.336 e. The number of aromatic carboxylic acids is 1. The molecule has 7 nitrogen and oxygen atoms in total. The molecule has 1 aromatic carbocycles. The van der Waals surface area contributed by atoms with Crippen molar-refractivity contribution in [3.05, 3.63) is 35.7 Å². The molecule has 1 heterocycles. The lowest BCUT2D eigenvalue weighted by atomic mass is 10.2. The van der Waals surface area contributed by atoms with Crippen LogP contribution in [0.2, 0.25) is 0 Å². The van der Waals surface area contributed by atoms with Crippen molar-refractivity contribution in [1.82, 2.24) is 10.2 Å². The number of carbonyl (C=O) groups excluding carboxylic acids is 1. The Morgan fingerprint density at radius 1 is 1.35 bits per heavy atom. The highest BCUT2D eigenvalue weighted by Gasteiger charge is 2.12. The first-order chi connectivity index (χ1) is 9.56. The van der Waals surface area contributed by atoms with E-state index in [1.807, 2.05) is 0 Å². The van der Waals surface area contributed by atoms with Gasteiger partial charge in [-0.15, -0.1) is 16.9 Å². The van der Waals surface area contributed by atoms with E-state index in [1.54, 1.807) is 25.1 Å². The molecule has 2 rings (SSSR count). The number of carboxylic acid groups (broad SMARTS) is 1. The Hall–Kier alpha value is -2.35. The summed E-state index contributed by atoms with van der Waals surface area (Å²) in [4.78, 5) is 23.2. The number of benzene rings is 1. The normalized spacial score (nSPS) is 10.2. The SMILES string of the molecule is Cc1nnc(NC(=O)CSc2ccccc2C(=O)O)o1. The van der Waals surface area contributed by atoms with Gasteiger partial charge in [-0.25, -0.2) is 4.79 Å². The van der Waals surface area contributed by atoms with E-state index in [-0.39, 0.29) is 23.2 Å². The van der Waals surface area contributed by atoms with Crippen molar-refractivity contribution in [3.63, 3.8) is 0 Å². The van der Waals surface area contributed by atoms with Gasteiger partial charge in [-0.3, -0.25) is 10.1 Å². The third-order valence-corrected chi connectivity index (χ3v) is 3.32. The maximum Gasteiger partial charge on any atom is 0.336 e. The molecule has 2 N–H and O–H groups in total. The fourth-order valence-electron chi connectivity index (χ4n) is 1.41.